The van der Waals surface area contributed by atoms with Crippen molar-refractivity contribution in [2.24, 2.45) is 0 Å². The highest BCUT2D eigenvalue weighted by atomic mass is 16.5. The topological polar surface area (TPSA) is 94.3 Å². The molecular formula is C16H17N3O3. The third-order valence-corrected chi connectivity index (χ3v) is 3.17. The average Bonchev–Trinajstić information content (AvgIpc) is 2.99. The van der Waals surface area contributed by atoms with Crippen molar-refractivity contribution in [1.29, 1.82) is 0 Å². The van der Waals surface area contributed by atoms with Gasteiger partial charge < -0.3 is 20.0 Å². The summed E-state index contributed by atoms with van der Waals surface area (Å²) in [6, 6.07) is 7.50. The number of fused-ring (bicyclic) bond motifs is 1. The molecule has 0 saturated heterocycles. The number of anilines is 1. The lowest BCUT2D eigenvalue weighted by atomic mass is 10.0. The monoisotopic (exact) mass is 299 g/mol. The Morgan fingerprint density at radius 2 is 2.00 bits per heavy atom. The standard InChI is InChI=1S/C16H17N3O3/c1-16(2,3)18-15(20)12-13(19-22-14(12)17)10-8-21-11-7-5-4-6-9(10)11/h4-8H,17H2,1-3H3,(H,18,20). The molecule has 2 aromatic heterocycles. The first-order chi connectivity index (χ1) is 10.4. The number of rotatable bonds is 2. The molecule has 0 bridgehead atoms. The minimum Gasteiger partial charge on any atom is -0.464 e. The van der Waals surface area contributed by atoms with Crippen LogP contribution in [0.5, 0.6) is 0 Å². The van der Waals surface area contributed by atoms with Gasteiger partial charge in [0.25, 0.3) is 5.91 Å². The number of carbonyl (C=O) groups is 1. The number of aromatic nitrogens is 1. The molecule has 6 heteroatoms. The summed E-state index contributed by atoms with van der Waals surface area (Å²) in [6.07, 6.45) is 1.55. The number of furan rings is 1. The molecule has 0 unspecified atom stereocenters. The van der Waals surface area contributed by atoms with Crippen molar-refractivity contribution in [2.45, 2.75) is 26.3 Å². The molecule has 0 atom stereocenters. The second-order valence-electron chi connectivity index (χ2n) is 6.12. The number of nitrogen functional groups attached to an aromatic ring is 1. The first-order valence-electron chi connectivity index (χ1n) is 6.91. The van der Waals surface area contributed by atoms with E-state index in [0.29, 0.717) is 16.8 Å². The van der Waals surface area contributed by atoms with Gasteiger partial charge in [0.2, 0.25) is 5.88 Å². The van der Waals surface area contributed by atoms with Gasteiger partial charge in [0.1, 0.15) is 23.1 Å². The smallest absolute Gasteiger partial charge is 0.259 e. The average molecular weight is 299 g/mol. The maximum Gasteiger partial charge on any atom is 0.259 e. The zero-order valence-electron chi connectivity index (χ0n) is 12.6. The third kappa shape index (κ3) is 2.43. The maximum absolute atomic E-state index is 12.5. The van der Waals surface area contributed by atoms with E-state index in [4.69, 9.17) is 14.7 Å². The minimum absolute atomic E-state index is 0.0120. The van der Waals surface area contributed by atoms with Gasteiger partial charge in [-0.25, -0.2) is 0 Å². The number of benzene rings is 1. The lowest BCUT2D eigenvalue weighted by Gasteiger charge is -2.20. The fourth-order valence-electron chi connectivity index (χ4n) is 2.27. The molecule has 3 N–H and O–H groups in total. The largest absolute Gasteiger partial charge is 0.464 e. The molecule has 0 aliphatic carbocycles. The van der Waals surface area contributed by atoms with Crippen molar-refractivity contribution in [3.8, 4) is 11.3 Å². The normalized spacial score (nSPS) is 11.8. The predicted octanol–water partition coefficient (Wildman–Crippen LogP) is 3.20. The molecule has 0 radical (unpaired) electrons. The Kier molecular flexibility index (Phi) is 3.16. The Hall–Kier alpha value is -2.76. The van der Waals surface area contributed by atoms with Crippen LogP contribution < -0.4 is 11.1 Å². The van der Waals surface area contributed by atoms with Crippen LogP contribution in [0.3, 0.4) is 0 Å². The summed E-state index contributed by atoms with van der Waals surface area (Å²) in [7, 11) is 0. The highest BCUT2D eigenvalue weighted by molar-refractivity contribution is 6.07. The van der Waals surface area contributed by atoms with Gasteiger partial charge in [0, 0.05) is 10.9 Å². The second-order valence-corrected chi connectivity index (χ2v) is 6.12. The predicted molar refractivity (Wildman–Crippen MR) is 83.3 cm³/mol. The number of nitrogens with zero attached hydrogens (tertiary/aromatic N) is 1. The molecule has 2 heterocycles. The first-order valence-corrected chi connectivity index (χ1v) is 6.91. The zero-order chi connectivity index (χ0) is 15.9. The lowest BCUT2D eigenvalue weighted by Crippen LogP contribution is -2.40. The highest BCUT2D eigenvalue weighted by Crippen LogP contribution is 2.34. The van der Waals surface area contributed by atoms with Crippen molar-refractivity contribution in [3.05, 3.63) is 36.1 Å². The number of nitrogens with one attached hydrogen (secondary N) is 1. The van der Waals surface area contributed by atoms with E-state index in [1.165, 1.54) is 0 Å². The van der Waals surface area contributed by atoms with Crippen molar-refractivity contribution in [1.82, 2.24) is 10.5 Å². The van der Waals surface area contributed by atoms with Crippen LogP contribution in [0.4, 0.5) is 5.88 Å². The van der Waals surface area contributed by atoms with E-state index < -0.39 is 5.54 Å². The number of amides is 1. The van der Waals surface area contributed by atoms with Gasteiger partial charge in [-0.3, -0.25) is 4.79 Å². The summed E-state index contributed by atoms with van der Waals surface area (Å²) in [4.78, 5) is 12.5. The maximum atomic E-state index is 12.5. The summed E-state index contributed by atoms with van der Waals surface area (Å²) in [5.41, 5.74) is 7.39. The summed E-state index contributed by atoms with van der Waals surface area (Å²) in [5, 5.41) is 7.65. The van der Waals surface area contributed by atoms with Crippen LogP contribution in [0.1, 0.15) is 31.1 Å². The summed E-state index contributed by atoms with van der Waals surface area (Å²) >= 11 is 0. The van der Waals surface area contributed by atoms with Crippen molar-refractivity contribution >= 4 is 22.8 Å². The highest BCUT2D eigenvalue weighted by Gasteiger charge is 2.27. The first kappa shape index (κ1) is 14.2. The van der Waals surface area contributed by atoms with Crippen LogP contribution in [-0.4, -0.2) is 16.6 Å². The molecule has 0 aliphatic heterocycles. The van der Waals surface area contributed by atoms with E-state index in [2.05, 4.69) is 10.5 Å². The molecule has 3 rings (SSSR count). The third-order valence-electron chi connectivity index (χ3n) is 3.17. The Bertz CT molecular complexity index is 840. The number of nitrogens with two attached hydrogens (primary N) is 1. The molecule has 1 aromatic carbocycles. The van der Waals surface area contributed by atoms with E-state index in [0.717, 1.165) is 5.39 Å². The molecule has 0 aliphatic rings. The number of hydrogen-bond donors (Lipinski definition) is 2. The van der Waals surface area contributed by atoms with Crippen LogP contribution in [0, 0.1) is 0 Å². The van der Waals surface area contributed by atoms with E-state index in [-0.39, 0.29) is 17.4 Å². The van der Waals surface area contributed by atoms with Crippen LogP contribution >= 0.6 is 0 Å². The quantitative estimate of drug-likeness (QED) is 0.757. The molecule has 0 saturated carbocycles. The molecular weight excluding hydrogens is 282 g/mol. The van der Waals surface area contributed by atoms with Gasteiger partial charge in [0.05, 0.1) is 5.56 Å². The lowest BCUT2D eigenvalue weighted by molar-refractivity contribution is 0.0920. The Labute approximate surface area is 127 Å². The summed E-state index contributed by atoms with van der Waals surface area (Å²) in [5.74, 6) is -0.339. The van der Waals surface area contributed by atoms with Crippen molar-refractivity contribution < 1.29 is 13.7 Å². The van der Waals surface area contributed by atoms with Gasteiger partial charge in [-0.15, -0.1) is 0 Å². The van der Waals surface area contributed by atoms with Crippen LogP contribution in [-0.2, 0) is 0 Å². The van der Waals surface area contributed by atoms with Crippen molar-refractivity contribution in [3.63, 3.8) is 0 Å². The molecule has 114 valence electrons. The molecule has 3 aromatic rings. The van der Waals surface area contributed by atoms with Gasteiger partial charge >= 0.3 is 0 Å². The Balaban J connectivity index is 2.11. The van der Waals surface area contributed by atoms with E-state index in [1.807, 2.05) is 45.0 Å². The van der Waals surface area contributed by atoms with Gasteiger partial charge in [-0.2, -0.15) is 0 Å². The second kappa shape index (κ2) is 4.91. The van der Waals surface area contributed by atoms with E-state index >= 15 is 0 Å². The minimum atomic E-state index is -0.392. The molecule has 22 heavy (non-hydrogen) atoms. The summed E-state index contributed by atoms with van der Waals surface area (Å²) < 4.78 is 10.5. The Morgan fingerprint density at radius 3 is 2.73 bits per heavy atom. The van der Waals surface area contributed by atoms with Crippen molar-refractivity contribution in [2.75, 3.05) is 5.73 Å². The van der Waals surface area contributed by atoms with Gasteiger partial charge in [-0.05, 0) is 26.8 Å². The van der Waals surface area contributed by atoms with Gasteiger partial charge in [0.15, 0.2) is 0 Å². The summed E-state index contributed by atoms with van der Waals surface area (Å²) in [6.45, 7) is 5.67. The van der Waals surface area contributed by atoms with E-state index in [9.17, 15) is 4.79 Å². The van der Waals surface area contributed by atoms with E-state index in [1.54, 1.807) is 6.26 Å². The Morgan fingerprint density at radius 1 is 1.27 bits per heavy atom. The molecule has 6 nitrogen and oxygen atoms in total. The number of para-hydroxylation sites is 1. The molecule has 0 fully saturated rings. The fourth-order valence-corrected chi connectivity index (χ4v) is 2.27. The number of carbonyl (C=O) groups excluding carboxylic acids is 1. The van der Waals surface area contributed by atoms with Crippen LogP contribution in [0.15, 0.2) is 39.5 Å². The zero-order valence-corrected chi connectivity index (χ0v) is 12.6. The van der Waals surface area contributed by atoms with Crippen LogP contribution in [0.2, 0.25) is 0 Å². The fraction of sp³-hybridized carbons (Fsp3) is 0.250. The molecule has 0 spiro atoms. The molecule has 1 amide bonds. The number of hydrogen-bond acceptors (Lipinski definition) is 5. The SMILES string of the molecule is CC(C)(C)NC(=O)c1c(-c2coc3ccccc23)noc1N. The van der Waals surface area contributed by atoms with Gasteiger partial charge in [-0.1, -0.05) is 23.4 Å². The van der Waals surface area contributed by atoms with Crippen LogP contribution in [0.25, 0.3) is 22.2 Å².